The van der Waals surface area contributed by atoms with E-state index in [0.717, 1.165) is 32.5 Å². The van der Waals surface area contributed by atoms with Gasteiger partial charge >= 0.3 is 0 Å². The Labute approximate surface area is 113 Å². The van der Waals surface area contributed by atoms with Crippen LogP contribution in [-0.2, 0) is 9.59 Å². The zero-order valence-electron chi connectivity index (χ0n) is 11.4. The molecule has 1 fully saturated rings. The van der Waals surface area contributed by atoms with Gasteiger partial charge in [-0.15, -0.1) is 0 Å². The normalized spacial score (nSPS) is 21.7. The Kier molecular flexibility index (Phi) is 4.90. The molecule has 19 heavy (non-hydrogen) atoms. The van der Waals surface area contributed by atoms with Crippen LogP contribution in [0, 0.1) is 0 Å². The van der Waals surface area contributed by atoms with E-state index in [1.807, 2.05) is 0 Å². The number of carbonyl (C=O) groups is 2. The fourth-order valence-electron chi connectivity index (χ4n) is 2.52. The second kappa shape index (κ2) is 6.65. The number of hydrazone groups is 1. The quantitative estimate of drug-likeness (QED) is 0.765. The lowest BCUT2D eigenvalue weighted by atomic mass is 10.0. The Bertz CT molecular complexity index is 373. The van der Waals surface area contributed by atoms with Gasteiger partial charge in [-0.25, -0.2) is 5.43 Å². The van der Waals surface area contributed by atoms with Crippen LogP contribution in [-0.4, -0.2) is 48.1 Å². The molecule has 2 amide bonds. The molecule has 106 valence electrons. The molecule has 0 aromatic rings. The summed E-state index contributed by atoms with van der Waals surface area (Å²) < 4.78 is 0. The van der Waals surface area contributed by atoms with Crippen LogP contribution in [0.2, 0.25) is 0 Å². The topological polar surface area (TPSA) is 73.8 Å². The summed E-state index contributed by atoms with van der Waals surface area (Å²) in [6.45, 7) is 5.41. The fraction of sp³-hybridized carbons (Fsp3) is 0.769. The summed E-state index contributed by atoms with van der Waals surface area (Å²) in [4.78, 5) is 25.4. The molecule has 0 atom stereocenters. The SMILES string of the molecule is CCCN1CCC(NC(=O)C2=NNC(=O)CC2)CC1. The number of nitrogens with zero attached hydrogens (tertiary/aromatic N) is 2. The van der Waals surface area contributed by atoms with Crippen molar-refractivity contribution in [1.82, 2.24) is 15.6 Å². The van der Waals surface area contributed by atoms with Gasteiger partial charge in [0.25, 0.3) is 5.91 Å². The summed E-state index contributed by atoms with van der Waals surface area (Å²) >= 11 is 0. The molecule has 0 radical (unpaired) electrons. The van der Waals surface area contributed by atoms with Crippen LogP contribution < -0.4 is 10.7 Å². The molecule has 2 heterocycles. The number of piperidine rings is 1. The van der Waals surface area contributed by atoms with E-state index in [4.69, 9.17) is 0 Å². The van der Waals surface area contributed by atoms with Crippen LogP contribution in [0.1, 0.15) is 39.0 Å². The number of amides is 2. The third-order valence-corrected chi connectivity index (χ3v) is 3.63. The molecule has 2 rings (SSSR count). The lowest BCUT2D eigenvalue weighted by molar-refractivity contribution is -0.121. The molecule has 0 spiro atoms. The van der Waals surface area contributed by atoms with Crippen molar-refractivity contribution >= 4 is 17.5 Å². The van der Waals surface area contributed by atoms with Crippen molar-refractivity contribution in [2.45, 2.75) is 45.1 Å². The molecule has 2 N–H and O–H groups in total. The van der Waals surface area contributed by atoms with Gasteiger partial charge in [0.1, 0.15) is 5.71 Å². The Balaban J connectivity index is 1.76. The van der Waals surface area contributed by atoms with Crippen molar-refractivity contribution in [1.29, 1.82) is 0 Å². The lowest BCUT2D eigenvalue weighted by Crippen LogP contribution is -2.47. The number of hydrogen-bond acceptors (Lipinski definition) is 4. The molecule has 6 nitrogen and oxygen atoms in total. The van der Waals surface area contributed by atoms with E-state index in [1.165, 1.54) is 6.42 Å². The fourth-order valence-corrected chi connectivity index (χ4v) is 2.52. The van der Waals surface area contributed by atoms with Gasteiger partial charge in [0, 0.05) is 32.0 Å². The predicted molar refractivity (Wildman–Crippen MR) is 72.7 cm³/mol. The maximum absolute atomic E-state index is 12.0. The number of nitrogens with one attached hydrogen (secondary N) is 2. The van der Waals surface area contributed by atoms with Gasteiger partial charge in [0.2, 0.25) is 5.91 Å². The average molecular weight is 266 g/mol. The molecule has 0 unspecified atom stereocenters. The minimum absolute atomic E-state index is 0.121. The van der Waals surface area contributed by atoms with Crippen molar-refractivity contribution < 1.29 is 9.59 Å². The minimum atomic E-state index is -0.131. The Morgan fingerprint density at radius 1 is 1.42 bits per heavy atom. The molecule has 0 bridgehead atoms. The van der Waals surface area contributed by atoms with Crippen molar-refractivity contribution in [3.05, 3.63) is 0 Å². The minimum Gasteiger partial charge on any atom is -0.348 e. The van der Waals surface area contributed by atoms with Crippen molar-refractivity contribution in [2.75, 3.05) is 19.6 Å². The summed E-state index contributed by atoms with van der Waals surface area (Å²) in [7, 11) is 0. The van der Waals surface area contributed by atoms with Gasteiger partial charge < -0.3 is 10.2 Å². The second-order valence-electron chi connectivity index (χ2n) is 5.18. The molecular weight excluding hydrogens is 244 g/mol. The van der Waals surface area contributed by atoms with Crippen LogP contribution >= 0.6 is 0 Å². The summed E-state index contributed by atoms with van der Waals surface area (Å²) in [6, 6.07) is 0.237. The number of carbonyl (C=O) groups excluding carboxylic acids is 2. The summed E-state index contributed by atoms with van der Waals surface area (Å²) in [5.74, 6) is -0.252. The molecule has 0 aliphatic carbocycles. The molecule has 0 aromatic carbocycles. The van der Waals surface area contributed by atoms with E-state index in [9.17, 15) is 9.59 Å². The second-order valence-corrected chi connectivity index (χ2v) is 5.18. The number of hydrogen-bond donors (Lipinski definition) is 2. The molecule has 1 saturated heterocycles. The Morgan fingerprint density at radius 3 is 2.74 bits per heavy atom. The molecule has 0 saturated carbocycles. The summed E-state index contributed by atoms with van der Waals surface area (Å²) in [6.07, 6.45) is 3.94. The molecular formula is C13H22N4O2. The third-order valence-electron chi connectivity index (χ3n) is 3.63. The molecule has 2 aliphatic rings. The summed E-state index contributed by atoms with van der Waals surface area (Å²) in [5.41, 5.74) is 2.79. The molecule has 6 heteroatoms. The van der Waals surface area contributed by atoms with Crippen molar-refractivity contribution in [2.24, 2.45) is 5.10 Å². The van der Waals surface area contributed by atoms with Gasteiger partial charge in [-0.1, -0.05) is 6.92 Å². The zero-order valence-corrected chi connectivity index (χ0v) is 11.4. The van der Waals surface area contributed by atoms with E-state index in [0.29, 0.717) is 18.6 Å². The largest absolute Gasteiger partial charge is 0.348 e. The highest BCUT2D eigenvalue weighted by Gasteiger charge is 2.23. The highest BCUT2D eigenvalue weighted by Crippen LogP contribution is 2.11. The Morgan fingerprint density at radius 2 is 2.16 bits per heavy atom. The van der Waals surface area contributed by atoms with Crippen LogP contribution in [0.5, 0.6) is 0 Å². The van der Waals surface area contributed by atoms with Crippen LogP contribution in [0.3, 0.4) is 0 Å². The van der Waals surface area contributed by atoms with Crippen molar-refractivity contribution in [3.8, 4) is 0 Å². The van der Waals surface area contributed by atoms with Gasteiger partial charge in [0.05, 0.1) is 0 Å². The molecule has 0 aromatic heterocycles. The maximum atomic E-state index is 12.0. The Hall–Kier alpha value is -1.43. The van der Waals surface area contributed by atoms with Gasteiger partial charge in [-0.3, -0.25) is 9.59 Å². The van der Waals surface area contributed by atoms with Gasteiger partial charge in [0.15, 0.2) is 0 Å². The van der Waals surface area contributed by atoms with Gasteiger partial charge in [-0.2, -0.15) is 5.10 Å². The number of rotatable bonds is 4. The van der Waals surface area contributed by atoms with Crippen molar-refractivity contribution in [3.63, 3.8) is 0 Å². The van der Waals surface area contributed by atoms with Crippen LogP contribution in [0.4, 0.5) is 0 Å². The monoisotopic (exact) mass is 266 g/mol. The summed E-state index contributed by atoms with van der Waals surface area (Å²) in [5, 5.41) is 6.83. The first-order valence-electron chi connectivity index (χ1n) is 7.07. The van der Waals surface area contributed by atoms with E-state index in [2.05, 4.69) is 27.7 Å². The van der Waals surface area contributed by atoms with Gasteiger partial charge in [-0.05, 0) is 25.8 Å². The standard InChI is InChI=1S/C13H22N4O2/c1-2-7-17-8-5-10(6-9-17)14-13(19)11-3-4-12(18)16-15-11/h10H,2-9H2,1H3,(H,14,19)(H,16,18). The zero-order chi connectivity index (χ0) is 13.7. The maximum Gasteiger partial charge on any atom is 0.267 e. The first-order chi connectivity index (χ1) is 9.19. The highest BCUT2D eigenvalue weighted by molar-refractivity contribution is 6.39. The van der Waals surface area contributed by atoms with E-state index in [-0.39, 0.29) is 17.9 Å². The highest BCUT2D eigenvalue weighted by atomic mass is 16.2. The predicted octanol–water partition coefficient (Wildman–Crippen LogP) is 0.243. The van der Waals surface area contributed by atoms with Crippen LogP contribution in [0.15, 0.2) is 5.10 Å². The van der Waals surface area contributed by atoms with E-state index in [1.54, 1.807) is 0 Å². The lowest BCUT2D eigenvalue weighted by Gasteiger charge is -2.32. The number of likely N-dealkylation sites (tertiary alicyclic amines) is 1. The average Bonchev–Trinajstić information content (AvgIpc) is 2.42. The first kappa shape index (κ1) is 14.0. The van der Waals surface area contributed by atoms with E-state index >= 15 is 0 Å². The van der Waals surface area contributed by atoms with E-state index < -0.39 is 0 Å². The third kappa shape index (κ3) is 4.02. The molecule has 2 aliphatic heterocycles. The first-order valence-corrected chi connectivity index (χ1v) is 7.07. The van der Waals surface area contributed by atoms with Crippen LogP contribution in [0.25, 0.3) is 0 Å². The smallest absolute Gasteiger partial charge is 0.267 e.